The molecule has 4 aliphatic rings. The first-order valence-corrected chi connectivity index (χ1v) is 27.0. The van der Waals surface area contributed by atoms with Gasteiger partial charge in [0.25, 0.3) is 0 Å². The highest BCUT2D eigenvalue weighted by atomic mass is 35.5. The molecule has 0 amide bonds. The Morgan fingerprint density at radius 1 is 0.645 bits per heavy atom. The lowest BCUT2D eigenvalue weighted by atomic mass is 9.93. The van der Waals surface area contributed by atoms with Gasteiger partial charge in [-0.3, -0.25) is 28.8 Å². The van der Waals surface area contributed by atoms with Gasteiger partial charge in [0.1, 0.15) is 48.0 Å². The van der Waals surface area contributed by atoms with E-state index in [1.54, 1.807) is 58.4 Å². The number of pyridine rings is 2. The molecule has 20 heteroatoms. The number of aliphatic hydroxyl groups is 2. The van der Waals surface area contributed by atoms with Crippen molar-refractivity contribution in [3.63, 3.8) is 0 Å². The summed E-state index contributed by atoms with van der Waals surface area (Å²) in [5, 5.41) is 36.9. The number of hydrogen-bond acceptors (Lipinski definition) is 14. The molecule has 4 N–H and O–H groups in total. The standard InChI is InChI=1S/2C28H33ClFN5O3/c1-34-20(8-11-32-34)17-38-26-14-24(30)28(29)22-9-12-35(16-23(22)26)15-21(36)5-6-25(37)18-7-10-31-27(13-18)33-19-3-2-4-19;1-34-20(8-11-32-34)17-38-26-14-24(30)23-16-35(12-9-22(23)28(26)29)15-21(36)5-6-25(37)18-7-10-31-27(13-18)33-19-3-2-4-19/h2*7-8,10-11,13-14,19,21,36H,2-6,9,12,15-17H2,1H3,(H,31,33)/t2*21-/m00/s1. The summed E-state index contributed by atoms with van der Waals surface area (Å²) in [6, 6.07) is 14.2. The van der Waals surface area contributed by atoms with E-state index in [0.717, 1.165) is 65.4 Å². The Morgan fingerprint density at radius 3 is 1.59 bits per heavy atom. The van der Waals surface area contributed by atoms with Crippen molar-refractivity contribution >= 4 is 46.4 Å². The van der Waals surface area contributed by atoms with Crippen molar-refractivity contribution in [3.8, 4) is 11.5 Å². The Morgan fingerprint density at radius 2 is 1.12 bits per heavy atom. The molecule has 0 spiro atoms. The van der Waals surface area contributed by atoms with E-state index in [2.05, 4.69) is 35.7 Å². The van der Waals surface area contributed by atoms with Gasteiger partial charge in [0.15, 0.2) is 11.6 Å². The average molecular weight is 1080 g/mol. The number of β-amino-alcohol motifs (C(OH)–C–C–N with tert-alkyl or cyclic N) is 2. The lowest BCUT2D eigenvalue weighted by Crippen LogP contribution is -2.37. The van der Waals surface area contributed by atoms with Gasteiger partial charge in [-0.1, -0.05) is 23.2 Å². The Bertz CT molecular complexity index is 2980. The van der Waals surface area contributed by atoms with Crippen LogP contribution in [0.3, 0.4) is 0 Å². The number of nitrogens with one attached hydrogen (secondary N) is 2. The van der Waals surface area contributed by atoms with Crippen LogP contribution < -0.4 is 20.1 Å². The maximum Gasteiger partial charge on any atom is 0.163 e. The summed E-state index contributed by atoms with van der Waals surface area (Å²) >= 11 is 12.9. The van der Waals surface area contributed by atoms with Crippen LogP contribution in [0.25, 0.3) is 0 Å². The third kappa shape index (κ3) is 13.9. The van der Waals surface area contributed by atoms with E-state index >= 15 is 4.39 Å². The van der Waals surface area contributed by atoms with Crippen molar-refractivity contribution in [2.45, 2.75) is 128 Å². The van der Waals surface area contributed by atoms with Crippen LogP contribution in [0, 0.1) is 11.6 Å². The van der Waals surface area contributed by atoms with Gasteiger partial charge in [-0.2, -0.15) is 10.2 Å². The van der Waals surface area contributed by atoms with Crippen molar-refractivity contribution in [3.05, 3.63) is 140 Å². The molecule has 404 valence electrons. The molecule has 16 nitrogen and oxygen atoms in total. The highest BCUT2D eigenvalue weighted by Gasteiger charge is 2.29. The normalized spacial score (nSPS) is 16.5. The van der Waals surface area contributed by atoms with Gasteiger partial charge in [-0.25, -0.2) is 18.7 Å². The minimum absolute atomic E-state index is 0.0137. The van der Waals surface area contributed by atoms with E-state index in [1.807, 2.05) is 31.1 Å². The minimum Gasteiger partial charge on any atom is -0.487 e. The SMILES string of the molecule is Cn1nccc1COc1cc(F)c(Cl)c2c1CN(C[C@@H](O)CCC(=O)c1ccnc(NC3CCC3)c1)CC2.Cn1nccc1COc1cc(F)c2c(c1Cl)CCN(C[C@@H](O)CCC(=O)c1ccnc(NC3CCC3)c1)C2. The zero-order valence-corrected chi connectivity index (χ0v) is 44.5. The molecule has 2 fully saturated rings. The molecule has 10 rings (SSSR count). The van der Waals surface area contributed by atoms with Gasteiger partial charge in [0, 0.05) is 137 Å². The number of benzene rings is 2. The number of ether oxygens (including phenoxy) is 2. The number of Topliss-reactive ketones (excluding diaryl/α,β-unsaturated/α-hetero) is 2. The first-order valence-electron chi connectivity index (χ1n) is 26.3. The number of aliphatic hydroxyl groups excluding tert-OH is 2. The van der Waals surface area contributed by atoms with Crippen LogP contribution in [0.5, 0.6) is 11.5 Å². The summed E-state index contributed by atoms with van der Waals surface area (Å²) < 4.78 is 44.8. The third-order valence-corrected chi connectivity index (χ3v) is 15.7. The predicted octanol–water partition coefficient (Wildman–Crippen LogP) is 9.07. The second-order valence-electron chi connectivity index (χ2n) is 20.3. The van der Waals surface area contributed by atoms with Crippen LogP contribution in [-0.2, 0) is 53.2 Å². The molecule has 6 aromatic rings. The number of carbonyl (C=O) groups is 2. The molecule has 2 aromatic carbocycles. The summed E-state index contributed by atoms with van der Waals surface area (Å²) in [6.07, 6.45) is 14.5. The molecule has 4 aromatic heterocycles. The molecule has 2 atom stereocenters. The van der Waals surface area contributed by atoms with Crippen molar-refractivity contribution in [1.82, 2.24) is 39.3 Å². The fraction of sp³-hybridized carbons (Fsp3) is 0.464. The van der Waals surface area contributed by atoms with E-state index in [9.17, 15) is 24.2 Å². The van der Waals surface area contributed by atoms with E-state index < -0.39 is 18.0 Å². The highest BCUT2D eigenvalue weighted by Crippen LogP contribution is 2.38. The summed E-state index contributed by atoms with van der Waals surface area (Å²) in [5.74, 6) is 1.30. The van der Waals surface area contributed by atoms with Crippen LogP contribution in [0.15, 0.2) is 73.3 Å². The summed E-state index contributed by atoms with van der Waals surface area (Å²) in [6.45, 7) is 3.31. The van der Waals surface area contributed by atoms with E-state index in [-0.39, 0.29) is 48.5 Å². The molecule has 0 radical (unpaired) electrons. The van der Waals surface area contributed by atoms with Crippen molar-refractivity contribution in [2.24, 2.45) is 14.1 Å². The van der Waals surface area contributed by atoms with E-state index in [4.69, 9.17) is 32.7 Å². The number of anilines is 2. The highest BCUT2D eigenvalue weighted by molar-refractivity contribution is 6.33. The predicted molar refractivity (Wildman–Crippen MR) is 286 cm³/mol. The van der Waals surface area contributed by atoms with Gasteiger partial charge in [0.2, 0.25) is 0 Å². The molecule has 2 aliphatic carbocycles. The Hall–Kier alpha value is -6.02. The van der Waals surface area contributed by atoms with Crippen molar-refractivity contribution in [2.75, 3.05) is 36.8 Å². The molecule has 76 heavy (non-hydrogen) atoms. The molecular weight excluding hydrogens is 1020 g/mol. The topological polar surface area (TPSA) is 185 Å². The number of nitrogens with zero attached hydrogens (tertiary/aromatic N) is 8. The van der Waals surface area contributed by atoms with Gasteiger partial charge >= 0.3 is 0 Å². The maximum absolute atomic E-state index is 15.0. The lowest BCUT2D eigenvalue weighted by molar-refractivity contribution is 0.0832. The zero-order valence-electron chi connectivity index (χ0n) is 43.0. The summed E-state index contributed by atoms with van der Waals surface area (Å²) in [7, 11) is 3.64. The Labute approximate surface area is 451 Å². The van der Waals surface area contributed by atoms with Crippen molar-refractivity contribution < 1.29 is 38.1 Å². The molecule has 2 aliphatic heterocycles. The summed E-state index contributed by atoms with van der Waals surface area (Å²) in [4.78, 5) is 38.2. The average Bonchev–Trinajstić information content (AvgIpc) is 4.02. The molecule has 0 bridgehead atoms. The molecule has 2 saturated carbocycles. The van der Waals surface area contributed by atoms with Crippen LogP contribution in [0.2, 0.25) is 10.0 Å². The number of aromatic nitrogens is 6. The van der Waals surface area contributed by atoms with E-state index in [1.165, 1.54) is 25.0 Å². The minimum atomic E-state index is -0.699. The van der Waals surface area contributed by atoms with Crippen molar-refractivity contribution in [1.29, 1.82) is 0 Å². The van der Waals surface area contributed by atoms with E-state index in [0.29, 0.717) is 110 Å². The number of halogens is 4. The number of rotatable bonds is 22. The quantitative estimate of drug-likeness (QED) is 0.0472. The molecular formula is C56H66Cl2F2N10O6. The number of aryl methyl sites for hydroxylation is 2. The molecule has 0 saturated heterocycles. The summed E-state index contributed by atoms with van der Waals surface area (Å²) in [5.41, 5.74) is 5.77. The van der Waals surface area contributed by atoms with Crippen LogP contribution in [0.4, 0.5) is 20.4 Å². The lowest BCUT2D eigenvalue weighted by Gasteiger charge is -2.32. The van der Waals surface area contributed by atoms with Crippen LogP contribution in [-0.4, -0.2) is 112 Å². The monoisotopic (exact) mass is 1080 g/mol. The number of ketones is 2. The van der Waals surface area contributed by atoms with Gasteiger partial charge in [-0.05, 0) is 112 Å². The molecule has 0 unspecified atom stereocenters. The fourth-order valence-electron chi connectivity index (χ4n) is 9.88. The number of hydrogen-bond donors (Lipinski definition) is 4. The number of carbonyl (C=O) groups excluding carboxylic acids is 2. The van der Waals surface area contributed by atoms with Crippen LogP contribution >= 0.6 is 23.2 Å². The van der Waals surface area contributed by atoms with Gasteiger partial charge < -0.3 is 30.3 Å². The smallest absolute Gasteiger partial charge is 0.163 e. The van der Waals surface area contributed by atoms with Crippen LogP contribution in [0.1, 0.15) is 119 Å². The first-order chi connectivity index (χ1) is 36.7. The first kappa shape index (κ1) is 54.8. The van der Waals surface area contributed by atoms with Gasteiger partial charge in [0.05, 0.1) is 33.6 Å². The zero-order chi connectivity index (χ0) is 53.3. The Kier molecular flexibility index (Phi) is 18.3. The molecule has 6 heterocycles. The number of fused-ring (bicyclic) bond motifs is 2. The maximum atomic E-state index is 15.0. The van der Waals surface area contributed by atoms with Gasteiger partial charge in [-0.15, -0.1) is 0 Å². The second kappa shape index (κ2) is 25.4. The second-order valence-corrected chi connectivity index (χ2v) is 21.1. The Balaban J connectivity index is 0.000000186. The largest absolute Gasteiger partial charge is 0.487 e. The fourth-order valence-corrected chi connectivity index (χ4v) is 10.5. The third-order valence-electron chi connectivity index (χ3n) is 14.9.